The number of nitrogens with zero attached hydrogens (tertiary/aromatic N) is 2. The molecule has 3 saturated carbocycles. The molecule has 1 saturated heterocycles. The molecule has 4 fully saturated rings. The van der Waals surface area contributed by atoms with E-state index in [1.165, 1.54) is 6.42 Å². The number of ether oxygens (including phenoxy) is 1. The maximum atomic E-state index is 13.9. The van der Waals surface area contributed by atoms with Crippen LogP contribution in [0.5, 0.6) is 5.75 Å². The first-order valence-electron chi connectivity index (χ1n) is 13.5. The molecular weight excluding hydrogens is 585 g/mol. The summed E-state index contributed by atoms with van der Waals surface area (Å²) in [4.78, 5) is 22.1. The van der Waals surface area contributed by atoms with Crippen LogP contribution >= 0.6 is 22.6 Å². The molecule has 0 unspecified atom stereocenters. The summed E-state index contributed by atoms with van der Waals surface area (Å²) in [6.45, 7) is 9.98. The Morgan fingerprint density at radius 3 is 2.68 bits per heavy atom. The van der Waals surface area contributed by atoms with Crippen molar-refractivity contribution >= 4 is 28.5 Å². The van der Waals surface area contributed by atoms with Crippen molar-refractivity contribution < 1.29 is 24.6 Å². The van der Waals surface area contributed by atoms with E-state index in [1.807, 2.05) is 32.3 Å². The lowest BCUT2D eigenvalue weighted by molar-refractivity contribution is -0.183. The Kier molecular flexibility index (Phi) is 9.12. The molecule has 1 heterocycles. The van der Waals surface area contributed by atoms with Crippen LogP contribution < -0.4 is 10.1 Å². The lowest BCUT2D eigenvalue weighted by Crippen LogP contribution is -2.62. The van der Waals surface area contributed by atoms with Crippen molar-refractivity contribution in [1.82, 2.24) is 15.3 Å². The number of nitrogens with one attached hydrogen (secondary N) is 1. The SMILES string of the molecule is C[C@@H]1[C@@H](NC(=O)[C@@H]2[C@H]([C@H](C)O)[C@H](CO)ON2Cc2cccc(I)c2OCCN(C)C)C[C@H]2C[C@@H]1C2(C)C. The van der Waals surface area contributed by atoms with Crippen LogP contribution in [0.1, 0.15) is 46.1 Å². The predicted molar refractivity (Wildman–Crippen MR) is 151 cm³/mol. The smallest absolute Gasteiger partial charge is 0.240 e. The van der Waals surface area contributed by atoms with Crippen LogP contribution in [-0.2, 0) is 16.2 Å². The van der Waals surface area contributed by atoms with Crippen molar-refractivity contribution in [1.29, 1.82) is 0 Å². The molecule has 1 amide bonds. The molecule has 0 aromatic heterocycles. The summed E-state index contributed by atoms with van der Waals surface area (Å²) in [7, 11) is 4.01. The summed E-state index contributed by atoms with van der Waals surface area (Å²) in [5.74, 6) is 1.72. The Morgan fingerprint density at radius 1 is 1.35 bits per heavy atom. The molecule has 1 aliphatic heterocycles. The highest BCUT2D eigenvalue weighted by molar-refractivity contribution is 14.1. The quantitative estimate of drug-likeness (QED) is 0.343. The first kappa shape index (κ1) is 29.0. The molecule has 37 heavy (non-hydrogen) atoms. The number of hydrogen-bond donors (Lipinski definition) is 3. The summed E-state index contributed by atoms with van der Waals surface area (Å²) in [6, 6.07) is 5.33. The van der Waals surface area contributed by atoms with Gasteiger partial charge in [0.2, 0.25) is 5.91 Å². The highest BCUT2D eigenvalue weighted by atomic mass is 127. The first-order valence-corrected chi connectivity index (χ1v) is 14.6. The third-order valence-electron chi connectivity index (χ3n) is 9.22. The molecule has 2 bridgehead atoms. The molecule has 208 valence electrons. The molecule has 4 aliphatic rings. The van der Waals surface area contributed by atoms with E-state index < -0.39 is 24.2 Å². The number of para-hydroxylation sites is 1. The van der Waals surface area contributed by atoms with Gasteiger partial charge in [-0.15, -0.1) is 0 Å². The number of amides is 1. The van der Waals surface area contributed by atoms with Gasteiger partial charge in [-0.3, -0.25) is 9.63 Å². The number of hydroxylamine groups is 2. The van der Waals surface area contributed by atoms with Crippen molar-refractivity contribution in [2.24, 2.45) is 29.1 Å². The highest BCUT2D eigenvalue weighted by Crippen LogP contribution is 2.61. The number of likely N-dealkylation sites (N-methyl/N-ethyl adjacent to an activating group) is 1. The molecule has 0 radical (unpaired) electrons. The first-order chi connectivity index (χ1) is 17.4. The van der Waals surface area contributed by atoms with Crippen LogP contribution in [0.25, 0.3) is 0 Å². The fraction of sp³-hybridized carbons (Fsp3) is 0.750. The van der Waals surface area contributed by atoms with Crippen molar-refractivity contribution in [3.05, 3.63) is 27.3 Å². The summed E-state index contributed by atoms with van der Waals surface area (Å²) < 4.78 is 7.14. The van der Waals surface area contributed by atoms with Gasteiger partial charge < -0.3 is 25.2 Å². The van der Waals surface area contributed by atoms with Crippen molar-refractivity contribution in [3.8, 4) is 5.75 Å². The fourth-order valence-electron chi connectivity index (χ4n) is 6.82. The minimum atomic E-state index is -0.819. The molecular formula is C28H44IN3O5. The molecule has 1 aromatic carbocycles. The van der Waals surface area contributed by atoms with Gasteiger partial charge in [0.1, 0.15) is 24.5 Å². The third kappa shape index (κ3) is 5.82. The second-order valence-electron chi connectivity index (χ2n) is 12.1. The molecule has 1 aromatic rings. The van der Waals surface area contributed by atoms with E-state index in [0.717, 1.165) is 27.8 Å². The number of carbonyl (C=O) groups is 1. The predicted octanol–water partition coefficient (Wildman–Crippen LogP) is 2.89. The minimum absolute atomic E-state index is 0.108. The Bertz CT molecular complexity index is 958. The maximum absolute atomic E-state index is 13.9. The molecule has 5 rings (SSSR count). The van der Waals surface area contributed by atoms with E-state index in [9.17, 15) is 15.0 Å². The number of rotatable bonds is 10. The van der Waals surface area contributed by atoms with Gasteiger partial charge in [-0.1, -0.05) is 32.9 Å². The monoisotopic (exact) mass is 629 g/mol. The van der Waals surface area contributed by atoms with Crippen LogP contribution in [0.2, 0.25) is 0 Å². The summed E-state index contributed by atoms with van der Waals surface area (Å²) in [5, 5.41) is 25.7. The fourth-order valence-corrected chi connectivity index (χ4v) is 7.53. The van der Waals surface area contributed by atoms with Gasteiger partial charge in [0.05, 0.1) is 22.8 Å². The third-order valence-corrected chi connectivity index (χ3v) is 10.1. The van der Waals surface area contributed by atoms with Gasteiger partial charge in [0, 0.05) is 24.1 Å². The summed E-state index contributed by atoms with van der Waals surface area (Å²) in [6.07, 6.45) is 0.743. The number of aliphatic hydroxyl groups excluding tert-OH is 2. The van der Waals surface area contributed by atoms with Crippen molar-refractivity contribution in [2.75, 3.05) is 33.9 Å². The molecule has 3 aliphatic carbocycles. The van der Waals surface area contributed by atoms with Crippen molar-refractivity contribution in [3.63, 3.8) is 0 Å². The Morgan fingerprint density at radius 2 is 2.08 bits per heavy atom. The zero-order valence-corrected chi connectivity index (χ0v) is 25.1. The maximum Gasteiger partial charge on any atom is 0.240 e. The standard InChI is InChI=1S/C28H44IN3O5/c1-16-20-12-19(28(20,3)4)13-22(16)30-27(35)25-24(17(2)34)23(15-33)37-32(25)14-18-8-7-9-21(29)26(18)36-11-10-31(5)6/h7-9,16-17,19-20,22-25,33-34H,10-15H2,1-6H3,(H,30,35)/t16-,17-,19+,20-,22-,23-,24+,25-/m0/s1. The average molecular weight is 630 g/mol. The lowest BCUT2D eigenvalue weighted by atomic mass is 9.45. The number of carbonyl (C=O) groups excluding carboxylic acids is 1. The van der Waals surface area contributed by atoms with Gasteiger partial charge in [-0.05, 0) is 85.7 Å². The second-order valence-corrected chi connectivity index (χ2v) is 13.3. The number of aliphatic hydroxyl groups is 2. The summed E-state index contributed by atoms with van der Waals surface area (Å²) >= 11 is 2.26. The topological polar surface area (TPSA) is 94.5 Å². The normalized spacial score (nSPS) is 33.7. The molecule has 9 heteroatoms. The Labute approximate surface area is 235 Å². The van der Waals surface area contributed by atoms with Gasteiger partial charge in [0.15, 0.2) is 0 Å². The largest absolute Gasteiger partial charge is 0.491 e. The van der Waals surface area contributed by atoms with Crippen LogP contribution in [0, 0.1) is 32.7 Å². The molecule has 8 atom stereocenters. The van der Waals surface area contributed by atoms with Gasteiger partial charge in [-0.25, -0.2) is 0 Å². The van der Waals surface area contributed by atoms with E-state index in [4.69, 9.17) is 9.57 Å². The van der Waals surface area contributed by atoms with Gasteiger partial charge in [0.25, 0.3) is 0 Å². The number of halogens is 1. The average Bonchev–Trinajstić information content (AvgIpc) is 3.20. The zero-order valence-electron chi connectivity index (χ0n) is 23.0. The minimum Gasteiger partial charge on any atom is -0.491 e. The van der Waals surface area contributed by atoms with Crippen molar-refractivity contribution in [2.45, 2.75) is 71.4 Å². The van der Waals surface area contributed by atoms with E-state index in [1.54, 1.807) is 12.0 Å². The van der Waals surface area contributed by atoms with E-state index in [2.05, 4.69) is 53.6 Å². The number of benzene rings is 1. The van der Waals surface area contributed by atoms with E-state index in [0.29, 0.717) is 36.3 Å². The summed E-state index contributed by atoms with van der Waals surface area (Å²) in [5.41, 5.74) is 1.24. The van der Waals surface area contributed by atoms with Crippen LogP contribution in [0.4, 0.5) is 0 Å². The van der Waals surface area contributed by atoms with E-state index in [-0.39, 0.29) is 18.6 Å². The highest BCUT2D eigenvalue weighted by Gasteiger charge is 2.57. The zero-order chi connectivity index (χ0) is 27.1. The van der Waals surface area contributed by atoms with Gasteiger partial charge >= 0.3 is 0 Å². The molecule has 8 nitrogen and oxygen atoms in total. The molecule has 3 N–H and O–H groups in total. The number of hydrogen-bond acceptors (Lipinski definition) is 7. The second kappa shape index (κ2) is 11.6. The lowest BCUT2D eigenvalue weighted by Gasteiger charge is -2.62. The Balaban J connectivity index is 1.55. The molecule has 0 spiro atoms. The van der Waals surface area contributed by atoms with Crippen LogP contribution in [0.15, 0.2) is 18.2 Å². The van der Waals surface area contributed by atoms with Crippen LogP contribution in [0.3, 0.4) is 0 Å². The van der Waals surface area contributed by atoms with E-state index >= 15 is 0 Å². The number of fused-ring (bicyclic) bond motifs is 2. The Hall–Kier alpha value is -0.980. The van der Waals surface area contributed by atoms with Crippen LogP contribution in [-0.4, -0.2) is 84.2 Å². The van der Waals surface area contributed by atoms with Gasteiger partial charge in [-0.2, -0.15) is 5.06 Å².